The minimum atomic E-state index is -0.107. The summed E-state index contributed by atoms with van der Waals surface area (Å²) in [5.74, 6) is 0.530. The first-order valence-electron chi connectivity index (χ1n) is 5.10. The molecule has 4 heteroatoms. The molecule has 0 atom stereocenters. The zero-order valence-corrected chi connectivity index (χ0v) is 9.83. The molecule has 1 heterocycles. The molecule has 84 valence electrons. The fraction of sp³-hybridized carbons (Fsp3) is 0.636. The van der Waals surface area contributed by atoms with Crippen LogP contribution in [0.5, 0.6) is 5.95 Å². The number of Topliss-reactive ketones (excluding diaryl/α,β-unsaturated/α-hetero) is 1. The van der Waals surface area contributed by atoms with Crippen molar-refractivity contribution in [3.63, 3.8) is 0 Å². The Morgan fingerprint density at radius 2 is 1.93 bits per heavy atom. The second-order valence-electron chi connectivity index (χ2n) is 4.05. The first-order valence-corrected chi connectivity index (χ1v) is 5.10. The van der Waals surface area contributed by atoms with Crippen molar-refractivity contribution in [3.8, 4) is 5.95 Å². The lowest BCUT2D eigenvalue weighted by atomic mass is 10.1. The standard InChI is InChI=1S/C11H17NO3/c1-6(2)10(13)9-11(14-7(3)4)15-8(5)12-9/h6-7H,1-5H3. The molecule has 0 fully saturated rings. The van der Waals surface area contributed by atoms with Gasteiger partial charge in [-0.1, -0.05) is 13.8 Å². The summed E-state index contributed by atoms with van der Waals surface area (Å²) in [5.41, 5.74) is 0.302. The summed E-state index contributed by atoms with van der Waals surface area (Å²) in [6.45, 7) is 9.10. The van der Waals surface area contributed by atoms with Gasteiger partial charge in [0.25, 0.3) is 0 Å². The molecule has 0 saturated carbocycles. The molecule has 0 aliphatic carbocycles. The van der Waals surface area contributed by atoms with E-state index in [2.05, 4.69) is 4.98 Å². The van der Waals surface area contributed by atoms with Gasteiger partial charge in [-0.2, -0.15) is 0 Å². The molecule has 15 heavy (non-hydrogen) atoms. The number of rotatable bonds is 4. The van der Waals surface area contributed by atoms with Gasteiger partial charge in [-0.15, -0.1) is 0 Å². The Hall–Kier alpha value is -1.32. The molecular weight excluding hydrogens is 194 g/mol. The molecule has 0 unspecified atom stereocenters. The number of carbonyl (C=O) groups is 1. The lowest BCUT2D eigenvalue weighted by Gasteiger charge is -2.07. The predicted octanol–water partition coefficient (Wildman–Crippen LogP) is 2.61. The maximum absolute atomic E-state index is 11.8. The van der Waals surface area contributed by atoms with Gasteiger partial charge in [-0.3, -0.25) is 4.79 Å². The van der Waals surface area contributed by atoms with E-state index in [0.29, 0.717) is 11.6 Å². The Labute approximate surface area is 89.6 Å². The molecule has 0 saturated heterocycles. The van der Waals surface area contributed by atoms with E-state index in [-0.39, 0.29) is 23.8 Å². The van der Waals surface area contributed by atoms with Crippen LogP contribution in [0, 0.1) is 12.8 Å². The van der Waals surface area contributed by atoms with Gasteiger partial charge in [0, 0.05) is 12.8 Å². The quantitative estimate of drug-likeness (QED) is 0.718. The Morgan fingerprint density at radius 1 is 1.33 bits per heavy atom. The molecule has 0 aliphatic rings. The first-order chi connectivity index (χ1) is 6.91. The summed E-state index contributed by atoms with van der Waals surface area (Å²) in [6, 6.07) is 0. The lowest BCUT2D eigenvalue weighted by molar-refractivity contribution is 0.0923. The van der Waals surface area contributed by atoms with Crippen molar-refractivity contribution in [3.05, 3.63) is 11.6 Å². The van der Waals surface area contributed by atoms with Crippen LogP contribution in [-0.2, 0) is 0 Å². The molecular formula is C11H17NO3. The summed E-state index contributed by atoms with van der Waals surface area (Å²) in [4.78, 5) is 15.8. The van der Waals surface area contributed by atoms with Crippen molar-refractivity contribution in [1.82, 2.24) is 4.98 Å². The Morgan fingerprint density at radius 3 is 2.40 bits per heavy atom. The van der Waals surface area contributed by atoms with Gasteiger partial charge in [-0.05, 0) is 13.8 Å². The molecule has 0 aromatic carbocycles. The molecule has 4 nitrogen and oxygen atoms in total. The van der Waals surface area contributed by atoms with Gasteiger partial charge in [0.2, 0.25) is 0 Å². The van der Waals surface area contributed by atoms with Crippen LogP contribution in [0.15, 0.2) is 4.42 Å². The fourth-order valence-electron chi connectivity index (χ4n) is 1.13. The van der Waals surface area contributed by atoms with E-state index in [1.54, 1.807) is 6.92 Å². The Kier molecular flexibility index (Phi) is 3.50. The topological polar surface area (TPSA) is 52.3 Å². The zero-order valence-electron chi connectivity index (χ0n) is 9.83. The average molecular weight is 211 g/mol. The number of aryl methyl sites for hydroxylation is 1. The third-order valence-corrected chi connectivity index (χ3v) is 1.80. The van der Waals surface area contributed by atoms with Crippen molar-refractivity contribution < 1.29 is 13.9 Å². The average Bonchev–Trinajstić information content (AvgIpc) is 2.44. The summed E-state index contributed by atoms with van der Waals surface area (Å²) in [7, 11) is 0. The molecule has 1 aromatic rings. The second-order valence-corrected chi connectivity index (χ2v) is 4.05. The monoisotopic (exact) mass is 211 g/mol. The normalized spacial score (nSPS) is 11.1. The summed E-state index contributed by atoms with van der Waals surface area (Å²) in [5, 5.41) is 0. The molecule has 1 aromatic heterocycles. The third kappa shape index (κ3) is 2.81. The number of ketones is 1. The van der Waals surface area contributed by atoms with Gasteiger partial charge in [0.05, 0.1) is 6.10 Å². The summed E-state index contributed by atoms with van der Waals surface area (Å²) in [6.07, 6.45) is -0.0314. The molecule has 0 bridgehead atoms. The second kappa shape index (κ2) is 4.47. The van der Waals surface area contributed by atoms with Gasteiger partial charge in [0.15, 0.2) is 17.4 Å². The molecule has 1 rings (SSSR count). The highest BCUT2D eigenvalue weighted by molar-refractivity contribution is 5.97. The SMILES string of the molecule is Cc1nc(C(=O)C(C)C)c(OC(C)C)o1. The number of aromatic nitrogens is 1. The molecule has 0 radical (unpaired) electrons. The number of carbonyl (C=O) groups excluding carboxylic acids is 1. The van der Waals surface area contributed by atoms with Crippen molar-refractivity contribution in [2.75, 3.05) is 0 Å². The minimum absolute atomic E-state index is 0.0314. The van der Waals surface area contributed by atoms with E-state index in [1.807, 2.05) is 27.7 Å². The number of hydrogen-bond donors (Lipinski definition) is 0. The Balaban J connectivity index is 3.00. The highest BCUT2D eigenvalue weighted by atomic mass is 16.6. The number of ether oxygens (including phenoxy) is 1. The van der Waals surface area contributed by atoms with Crippen molar-refractivity contribution in [1.29, 1.82) is 0 Å². The van der Waals surface area contributed by atoms with Crippen LogP contribution < -0.4 is 4.74 Å². The maximum atomic E-state index is 11.8. The van der Waals surface area contributed by atoms with Gasteiger partial charge in [-0.25, -0.2) is 4.98 Å². The van der Waals surface area contributed by atoms with Crippen molar-refractivity contribution >= 4 is 5.78 Å². The zero-order chi connectivity index (χ0) is 11.6. The Bertz CT molecular complexity index is 353. The highest BCUT2D eigenvalue weighted by Gasteiger charge is 2.23. The van der Waals surface area contributed by atoms with Gasteiger partial charge in [0.1, 0.15) is 0 Å². The maximum Gasteiger partial charge on any atom is 0.317 e. The van der Waals surface area contributed by atoms with E-state index in [0.717, 1.165) is 0 Å². The van der Waals surface area contributed by atoms with Crippen LogP contribution in [0.1, 0.15) is 44.1 Å². The summed E-state index contributed by atoms with van der Waals surface area (Å²) >= 11 is 0. The van der Waals surface area contributed by atoms with Crippen LogP contribution in [0.25, 0.3) is 0 Å². The van der Waals surface area contributed by atoms with E-state index in [4.69, 9.17) is 9.15 Å². The van der Waals surface area contributed by atoms with Crippen molar-refractivity contribution in [2.45, 2.75) is 40.7 Å². The minimum Gasteiger partial charge on any atom is -0.461 e. The van der Waals surface area contributed by atoms with E-state index in [1.165, 1.54) is 0 Å². The smallest absolute Gasteiger partial charge is 0.317 e. The summed E-state index contributed by atoms with van der Waals surface area (Å²) < 4.78 is 10.6. The predicted molar refractivity (Wildman–Crippen MR) is 56.2 cm³/mol. The van der Waals surface area contributed by atoms with Crippen LogP contribution in [0.2, 0.25) is 0 Å². The van der Waals surface area contributed by atoms with E-state index >= 15 is 0 Å². The van der Waals surface area contributed by atoms with Crippen LogP contribution >= 0.6 is 0 Å². The van der Waals surface area contributed by atoms with E-state index < -0.39 is 0 Å². The number of nitrogens with zero attached hydrogens (tertiary/aromatic N) is 1. The number of oxazole rings is 1. The molecule has 0 amide bonds. The van der Waals surface area contributed by atoms with Crippen LogP contribution in [0.4, 0.5) is 0 Å². The fourth-order valence-corrected chi connectivity index (χ4v) is 1.13. The van der Waals surface area contributed by atoms with Gasteiger partial charge >= 0.3 is 5.95 Å². The van der Waals surface area contributed by atoms with Crippen LogP contribution in [-0.4, -0.2) is 16.9 Å². The van der Waals surface area contributed by atoms with Gasteiger partial charge < -0.3 is 9.15 Å². The lowest BCUT2D eigenvalue weighted by Crippen LogP contribution is -2.12. The molecule has 0 aliphatic heterocycles. The number of hydrogen-bond acceptors (Lipinski definition) is 4. The first kappa shape index (κ1) is 11.8. The largest absolute Gasteiger partial charge is 0.461 e. The highest BCUT2D eigenvalue weighted by Crippen LogP contribution is 2.23. The third-order valence-electron chi connectivity index (χ3n) is 1.80. The van der Waals surface area contributed by atoms with Crippen molar-refractivity contribution in [2.24, 2.45) is 5.92 Å². The molecule has 0 N–H and O–H groups in total. The van der Waals surface area contributed by atoms with Crippen LogP contribution in [0.3, 0.4) is 0 Å². The molecule has 0 spiro atoms. The van der Waals surface area contributed by atoms with E-state index in [9.17, 15) is 4.79 Å².